The van der Waals surface area contributed by atoms with Gasteiger partial charge in [0.25, 0.3) is 0 Å². The number of amides is 1. The lowest BCUT2D eigenvalue weighted by Crippen LogP contribution is -2.60. The lowest BCUT2D eigenvalue weighted by Gasteiger charge is -2.40. The van der Waals surface area contributed by atoms with Gasteiger partial charge in [0.15, 0.2) is 6.29 Å². The number of aliphatic hydroxyl groups is 5. The molecule has 1 fully saturated rings. The highest BCUT2D eigenvalue weighted by atomic mass is 16.7. The minimum Gasteiger partial charge on any atom is -0.466 e. The van der Waals surface area contributed by atoms with Crippen molar-refractivity contribution in [1.82, 2.24) is 5.32 Å². The highest BCUT2D eigenvalue weighted by Gasteiger charge is 2.44. The largest absolute Gasteiger partial charge is 0.466 e. The average molecular weight is 1240 g/mol. The SMILES string of the molecule is CCCCC/C=C\C/C=C\CCCCCCCCCC(=O)OCCCCCCCCCCCCCC/C=C\CCCCCCCCCCCCCCCCCCCC(=O)NC(COC1OC(CO)C(O)C(O)C1O)C(O)/C=C/CCCCCCCCCC. The predicted octanol–water partition coefficient (Wildman–Crippen LogP) is 19.9. The number of aliphatic hydroxyl groups excluding tert-OH is 5. The van der Waals surface area contributed by atoms with Crippen LogP contribution in [0.1, 0.15) is 367 Å². The molecule has 6 N–H and O–H groups in total. The van der Waals surface area contributed by atoms with E-state index in [9.17, 15) is 35.1 Å². The fraction of sp³-hybridized carbons (Fsp3) is 0.870. The molecule has 1 saturated heterocycles. The zero-order valence-electron chi connectivity index (χ0n) is 57.4. The van der Waals surface area contributed by atoms with Crippen molar-refractivity contribution in [2.24, 2.45) is 0 Å². The van der Waals surface area contributed by atoms with E-state index in [0.717, 1.165) is 64.2 Å². The van der Waals surface area contributed by atoms with Crippen LogP contribution in [0.15, 0.2) is 48.6 Å². The zero-order valence-corrected chi connectivity index (χ0v) is 57.4. The van der Waals surface area contributed by atoms with Gasteiger partial charge in [-0.15, -0.1) is 0 Å². The molecular weight excluding hydrogens is 1100 g/mol. The van der Waals surface area contributed by atoms with Crippen molar-refractivity contribution in [2.75, 3.05) is 19.8 Å². The minimum atomic E-state index is -1.57. The number of unbranched alkanes of at least 4 members (excludes halogenated alkanes) is 47. The van der Waals surface area contributed by atoms with Gasteiger partial charge in [-0.25, -0.2) is 0 Å². The van der Waals surface area contributed by atoms with Gasteiger partial charge < -0.3 is 45.1 Å². The zero-order chi connectivity index (χ0) is 63.7. The second-order valence-electron chi connectivity index (χ2n) is 26.3. The van der Waals surface area contributed by atoms with Crippen LogP contribution < -0.4 is 5.32 Å². The highest BCUT2D eigenvalue weighted by molar-refractivity contribution is 5.76. The fourth-order valence-electron chi connectivity index (χ4n) is 11.9. The Bertz CT molecular complexity index is 1600. The maximum absolute atomic E-state index is 13.0. The summed E-state index contributed by atoms with van der Waals surface area (Å²) in [5, 5.41) is 54.4. The monoisotopic (exact) mass is 1240 g/mol. The van der Waals surface area contributed by atoms with Crippen LogP contribution in [-0.4, -0.2) is 100 Å². The second-order valence-corrected chi connectivity index (χ2v) is 26.3. The molecule has 0 radical (unpaired) electrons. The normalized spacial score (nSPS) is 18.0. The van der Waals surface area contributed by atoms with Crippen molar-refractivity contribution in [2.45, 2.75) is 410 Å². The molecular formula is C77H143NO10. The van der Waals surface area contributed by atoms with E-state index < -0.39 is 49.5 Å². The van der Waals surface area contributed by atoms with Crippen LogP contribution in [0.2, 0.25) is 0 Å². The van der Waals surface area contributed by atoms with E-state index in [2.05, 4.69) is 55.6 Å². The Kier molecular flexibility index (Phi) is 62.8. The number of allylic oxidation sites excluding steroid dienone is 7. The lowest BCUT2D eigenvalue weighted by atomic mass is 9.99. The van der Waals surface area contributed by atoms with E-state index in [1.54, 1.807) is 6.08 Å². The van der Waals surface area contributed by atoms with E-state index in [4.69, 9.17) is 14.2 Å². The van der Waals surface area contributed by atoms with Crippen molar-refractivity contribution < 1.29 is 49.3 Å². The predicted molar refractivity (Wildman–Crippen MR) is 370 cm³/mol. The highest BCUT2D eigenvalue weighted by Crippen LogP contribution is 2.23. The summed E-state index contributed by atoms with van der Waals surface area (Å²) in [6.45, 7) is 4.33. The molecule has 7 atom stereocenters. The molecule has 0 aromatic heterocycles. The van der Waals surface area contributed by atoms with E-state index in [1.165, 1.54) is 276 Å². The number of hydrogen-bond donors (Lipinski definition) is 6. The van der Waals surface area contributed by atoms with E-state index in [0.29, 0.717) is 19.4 Å². The van der Waals surface area contributed by atoms with Gasteiger partial charge in [-0.2, -0.15) is 0 Å². The first-order chi connectivity index (χ1) is 43.2. The standard InChI is InChI=1S/C77H143NO10/c1-3-5-7-9-11-13-15-16-17-35-39-42-45-49-53-57-61-65-73(82)86-66-62-58-54-50-46-43-40-37-34-32-30-28-26-24-22-20-18-19-21-23-25-27-29-31-33-36-38-41-44-48-52-56-60-64-72(81)78-69(68-87-77-76(85)75(84)74(83)71(67-79)88-77)70(80)63-59-55-51-47-14-12-10-8-6-4-2/h11,13,16-17,22,24,59,63,69-71,74-77,79-80,83-85H,3-10,12,14-15,18-21,23,25-58,60-62,64-68H2,1-2H3,(H,78,81)/b13-11-,17-16-,24-22-,63-59+. The fourth-order valence-corrected chi connectivity index (χ4v) is 11.9. The van der Waals surface area contributed by atoms with Gasteiger partial charge in [0.05, 0.1) is 32.0 Å². The Morgan fingerprint density at radius 1 is 0.420 bits per heavy atom. The molecule has 11 heteroatoms. The van der Waals surface area contributed by atoms with Crippen LogP contribution in [-0.2, 0) is 23.8 Å². The summed E-state index contributed by atoms with van der Waals surface area (Å²) in [7, 11) is 0. The Balaban J connectivity index is 1.89. The Morgan fingerprint density at radius 2 is 0.761 bits per heavy atom. The van der Waals surface area contributed by atoms with Crippen LogP contribution in [0.4, 0.5) is 0 Å². The first kappa shape index (κ1) is 83.6. The Hall–Kier alpha value is -2.38. The quantitative estimate of drug-likeness (QED) is 0.0195. The summed E-state index contributed by atoms with van der Waals surface area (Å²) in [5.41, 5.74) is 0. The molecule has 0 aliphatic carbocycles. The lowest BCUT2D eigenvalue weighted by molar-refractivity contribution is -0.302. The topological polar surface area (TPSA) is 175 Å². The molecule has 516 valence electrons. The van der Waals surface area contributed by atoms with Crippen LogP contribution in [0.3, 0.4) is 0 Å². The summed E-state index contributed by atoms with van der Waals surface area (Å²) >= 11 is 0. The third kappa shape index (κ3) is 54.2. The summed E-state index contributed by atoms with van der Waals surface area (Å²) in [6, 6.07) is -0.807. The Morgan fingerprint density at radius 3 is 1.18 bits per heavy atom. The second kappa shape index (κ2) is 66.1. The molecule has 11 nitrogen and oxygen atoms in total. The van der Waals surface area contributed by atoms with E-state index in [-0.39, 0.29) is 18.5 Å². The maximum Gasteiger partial charge on any atom is 0.305 e. The number of carbonyl (C=O) groups excluding carboxylic acids is 2. The molecule has 1 amide bonds. The van der Waals surface area contributed by atoms with Gasteiger partial charge in [-0.1, -0.05) is 313 Å². The third-order valence-electron chi connectivity index (χ3n) is 17.9. The van der Waals surface area contributed by atoms with Crippen LogP contribution in [0, 0.1) is 0 Å². The minimum absolute atomic E-state index is 0.00382. The van der Waals surface area contributed by atoms with Crippen LogP contribution in [0.5, 0.6) is 0 Å². The molecule has 1 aliphatic rings. The van der Waals surface area contributed by atoms with Gasteiger partial charge in [0, 0.05) is 12.8 Å². The number of ether oxygens (including phenoxy) is 3. The molecule has 1 rings (SSSR count). The van der Waals surface area contributed by atoms with Crippen molar-refractivity contribution in [3.8, 4) is 0 Å². The number of esters is 1. The molecule has 0 aromatic rings. The van der Waals surface area contributed by atoms with Crippen molar-refractivity contribution >= 4 is 11.9 Å². The number of hydrogen-bond acceptors (Lipinski definition) is 10. The van der Waals surface area contributed by atoms with Gasteiger partial charge in [-0.3, -0.25) is 9.59 Å². The Labute approximate surface area is 542 Å². The van der Waals surface area contributed by atoms with Crippen LogP contribution in [0.25, 0.3) is 0 Å². The molecule has 1 heterocycles. The number of rotatable bonds is 67. The van der Waals surface area contributed by atoms with E-state index in [1.807, 2.05) is 6.08 Å². The third-order valence-corrected chi connectivity index (χ3v) is 17.9. The summed E-state index contributed by atoms with van der Waals surface area (Å²) in [6.07, 6.45) is 77.0. The summed E-state index contributed by atoms with van der Waals surface area (Å²) < 4.78 is 16.7. The summed E-state index contributed by atoms with van der Waals surface area (Å²) in [5.74, 6) is -0.175. The number of carbonyl (C=O) groups is 2. The molecule has 0 saturated carbocycles. The average Bonchev–Trinajstić information content (AvgIpc) is 1.96. The van der Waals surface area contributed by atoms with Gasteiger partial charge >= 0.3 is 5.97 Å². The van der Waals surface area contributed by atoms with Gasteiger partial charge in [0.1, 0.15) is 24.4 Å². The van der Waals surface area contributed by atoms with E-state index >= 15 is 0 Å². The maximum atomic E-state index is 13.0. The molecule has 7 unspecified atom stereocenters. The smallest absolute Gasteiger partial charge is 0.305 e. The molecule has 88 heavy (non-hydrogen) atoms. The first-order valence-electron chi connectivity index (χ1n) is 37.9. The molecule has 0 spiro atoms. The van der Waals surface area contributed by atoms with Gasteiger partial charge in [0.2, 0.25) is 5.91 Å². The molecule has 0 bridgehead atoms. The van der Waals surface area contributed by atoms with Crippen molar-refractivity contribution in [1.29, 1.82) is 0 Å². The summed E-state index contributed by atoms with van der Waals surface area (Å²) in [4.78, 5) is 25.1. The van der Waals surface area contributed by atoms with Crippen molar-refractivity contribution in [3.05, 3.63) is 48.6 Å². The first-order valence-corrected chi connectivity index (χ1v) is 37.9. The number of nitrogens with one attached hydrogen (secondary N) is 1. The molecule has 1 aliphatic heterocycles. The van der Waals surface area contributed by atoms with Gasteiger partial charge in [-0.05, 0) is 89.9 Å². The van der Waals surface area contributed by atoms with Crippen molar-refractivity contribution in [3.63, 3.8) is 0 Å². The van der Waals surface area contributed by atoms with Crippen LogP contribution >= 0.6 is 0 Å². The molecule has 0 aromatic carbocycles.